The fourth-order valence-electron chi connectivity index (χ4n) is 3.42. The van der Waals surface area contributed by atoms with E-state index < -0.39 is 0 Å². The number of nitrogens with one attached hydrogen (secondary N) is 1. The molecule has 3 aromatic heterocycles. The predicted molar refractivity (Wildman–Crippen MR) is 107 cm³/mol. The first-order chi connectivity index (χ1) is 14.0. The van der Waals surface area contributed by atoms with Crippen LogP contribution in [0.15, 0.2) is 45.6 Å². The van der Waals surface area contributed by atoms with Crippen LogP contribution in [0.3, 0.4) is 0 Å². The normalized spacial score (nSPS) is 19.3. The highest BCUT2D eigenvalue weighted by molar-refractivity contribution is 5.76. The number of pyridine rings is 1. The van der Waals surface area contributed by atoms with Crippen LogP contribution < -0.4 is 5.32 Å². The van der Waals surface area contributed by atoms with Crippen LogP contribution >= 0.6 is 0 Å². The Hall–Kier alpha value is -2.96. The van der Waals surface area contributed by atoms with E-state index in [0.29, 0.717) is 36.4 Å². The second-order valence-corrected chi connectivity index (χ2v) is 8.11. The van der Waals surface area contributed by atoms with E-state index in [1.807, 2.05) is 38.1 Å². The molecule has 0 aromatic carbocycles. The molecule has 4 rings (SSSR count). The smallest absolute Gasteiger partial charge is 0.249 e. The lowest BCUT2D eigenvalue weighted by molar-refractivity contribution is -0.122. The number of aromatic nitrogens is 3. The van der Waals surface area contributed by atoms with Gasteiger partial charge < -0.3 is 14.3 Å². The lowest BCUT2D eigenvalue weighted by atomic mass is 10.0. The molecule has 152 valence electrons. The van der Waals surface area contributed by atoms with Gasteiger partial charge in [-0.05, 0) is 42.5 Å². The van der Waals surface area contributed by atoms with Crippen molar-refractivity contribution in [1.82, 2.24) is 20.4 Å². The van der Waals surface area contributed by atoms with E-state index in [2.05, 4.69) is 27.4 Å². The van der Waals surface area contributed by atoms with Crippen LogP contribution in [-0.4, -0.2) is 21.0 Å². The maximum Gasteiger partial charge on any atom is 0.249 e. The molecule has 1 saturated carbocycles. The first-order valence-corrected chi connectivity index (χ1v) is 10.1. The van der Waals surface area contributed by atoms with Crippen molar-refractivity contribution in [2.45, 2.75) is 52.0 Å². The SMILES string of the molecule is CC(C)C(NC(=O)CCc1ccc(C2CC2C)o1)c1nc(-c2cccnc2)no1. The van der Waals surface area contributed by atoms with Crippen LogP contribution in [-0.2, 0) is 11.2 Å². The standard InChI is InChI=1S/C22H26N4O3/c1-13(2)20(22-25-21(26-29-22)15-5-4-10-23-12-15)24-19(27)9-7-16-6-8-18(28-16)17-11-14(17)3/h4-6,8,10,12-14,17,20H,7,9,11H2,1-3H3,(H,24,27). The highest BCUT2D eigenvalue weighted by Crippen LogP contribution is 2.47. The van der Waals surface area contributed by atoms with Crippen LogP contribution in [0.25, 0.3) is 11.4 Å². The van der Waals surface area contributed by atoms with Gasteiger partial charge in [0.25, 0.3) is 0 Å². The molecule has 0 spiro atoms. The molecule has 3 aromatic rings. The monoisotopic (exact) mass is 394 g/mol. The van der Waals surface area contributed by atoms with Gasteiger partial charge in [0, 0.05) is 36.7 Å². The number of amides is 1. The van der Waals surface area contributed by atoms with Crippen LogP contribution in [0.5, 0.6) is 0 Å². The predicted octanol–water partition coefficient (Wildman–Crippen LogP) is 4.29. The van der Waals surface area contributed by atoms with Crippen molar-refractivity contribution in [2.24, 2.45) is 11.8 Å². The van der Waals surface area contributed by atoms with Gasteiger partial charge in [0.05, 0.1) is 0 Å². The quantitative estimate of drug-likeness (QED) is 0.612. The summed E-state index contributed by atoms with van der Waals surface area (Å²) in [5, 5.41) is 7.05. The Bertz CT molecular complexity index is 963. The van der Waals surface area contributed by atoms with Gasteiger partial charge in [-0.2, -0.15) is 4.98 Å². The Morgan fingerprint density at radius 3 is 2.83 bits per heavy atom. The molecule has 1 amide bonds. The minimum Gasteiger partial charge on any atom is -0.466 e. The van der Waals surface area contributed by atoms with Crippen LogP contribution in [0, 0.1) is 11.8 Å². The van der Waals surface area contributed by atoms with Crippen molar-refractivity contribution in [1.29, 1.82) is 0 Å². The molecule has 0 aliphatic heterocycles. The molecule has 3 heterocycles. The van der Waals surface area contributed by atoms with Crippen molar-refractivity contribution in [3.8, 4) is 11.4 Å². The molecule has 0 radical (unpaired) electrons. The van der Waals surface area contributed by atoms with E-state index in [4.69, 9.17) is 8.94 Å². The van der Waals surface area contributed by atoms with Gasteiger partial charge >= 0.3 is 0 Å². The number of rotatable bonds is 8. The van der Waals surface area contributed by atoms with Crippen molar-refractivity contribution >= 4 is 5.91 Å². The molecule has 0 bridgehead atoms. The highest BCUT2D eigenvalue weighted by Gasteiger charge is 2.36. The molecule has 1 N–H and O–H groups in total. The Balaban J connectivity index is 1.36. The molecule has 1 aliphatic rings. The molecule has 1 aliphatic carbocycles. The average molecular weight is 394 g/mol. The molecule has 7 nitrogen and oxygen atoms in total. The Morgan fingerprint density at radius 2 is 2.14 bits per heavy atom. The van der Waals surface area contributed by atoms with Gasteiger partial charge in [-0.3, -0.25) is 9.78 Å². The molecular formula is C22H26N4O3. The van der Waals surface area contributed by atoms with Crippen LogP contribution in [0.1, 0.15) is 63.0 Å². The number of furan rings is 1. The second-order valence-electron chi connectivity index (χ2n) is 8.11. The van der Waals surface area contributed by atoms with Crippen LogP contribution in [0.4, 0.5) is 0 Å². The number of carbonyl (C=O) groups excluding carboxylic acids is 1. The van der Waals surface area contributed by atoms with Gasteiger partial charge in [-0.15, -0.1) is 0 Å². The van der Waals surface area contributed by atoms with E-state index in [9.17, 15) is 4.79 Å². The van der Waals surface area contributed by atoms with Gasteiger partial charge in [0.15, 0.2) is 0 Å². The van der Waals surface area contributed by atoms with Gasteiger partial charge in [0.2, 0.25) is 17.6 Å². The van der Waals surface area contributed by atoms with Crippen LogP contribution in [0.2, 0.25) is 0 Å². The third kappa shape index (κ3) is 4.55. The molecule has 0 saturated heterocycles. The topological polar surface area (TPSA) is 94.1 Å². The summed E-state index contributed by atoms with van der Waals surface area (Å²) in [6.07, 6.45) is 5.48. The minimum atomic E-state index is -0.347. The van der Waals surface area contributed by atoms with Gasteiger partial charge in [-0.25, -0.2) is 0 Å². The molecule has 29 heavy (non-hydrogen) atoms. The number of aryl methyl sites for hydroxylation is 1. The maximum absolute atomic E-state index is 12.5. The molecule has 7 heteroatoms. The second kappa shape index (κ2) is 8.19. The van der Waals surface area contributed by atoms with Crippen molar-refractivity contribution in [2.75, 3.05) is 0 Å². The van der Waals surface area contributed by atoms with E-state index in [0.717, 1.165) is 17.1 Å². The summed E-state index contributed by atoms with van der Waals surface area (Å²) in [6, 6.07) is 7.35. The Kier molecular flexibility index (Phi) is 5.47. The number of carbonyl (C=O) groups is 1. The van der Waals surface area contributed by atoms with E-state index in [-0.39, 0.29) is 17.9 Å². The van der Waals surface area contributed by atoms with Gasteiger partial charge in [0.1, 0.15) is 17.6 Å². The zero-order valence-electron chi connectivity index (χ0n) is 17.0. The number of hydrogen-bond acceptors (Lipinski definition) is 6. The van der Waals surface area contributed by atoms with E-state index in [1.165, 1.54) is 6.42 Å². The van der Waals surface area contributed by atoms with E-state index in [1.54, 1.807) is 12.4 Å². The minimum absolute atomic E-state index is 0.0671. The molecule has 3 atom stereocenters. The Morgan fingerprint density at radius 1 is 1.31 bits per heavy atom. The highest BCUT2D eigenvalue weighted by atomic mass is 16.5. The number of nitrogens with zero attached hydrogens (tertiary/aromatic N) is 3. The zero-order chi connectivity index (χ0) is 20.4. The zero-order valence-corrected chi connectivity index (χ0v) is 17.0. The summed E-state index contributed by atoms with van der Waals surface area (Å²) in [7, 11) is 0. The third-order valence-electron chi connectivity index (χ3n) is 5.37. The summed E-state index contributed by atoms with van der Waals surface area (Å²) in [4.78, 5) is 21.1. The fourth-order valence-corrected chi connectivity index (χ4v) is 3.42. The largest absolute Gasteiger partial charge is 0.466 e. The summed E-state index contributed by atoms with van der Waals surface area (Å²) < 4.78 is 11.3. The lowest BCUT2D eigenvalue weighted by Gasteiger charge is -2.18. The average Bonchev–Trinajstić information content (AvgIpc) is 3.13. The van der Waals surface area contributed by atoms with Crippen molar-refractivity contribution in [3.05, 3.63) is 54.1 Å². The summed E-state index contributed by atoms with van der Waals surface area (Å²) in [5.41, 5.74) is 0.773. The van der Waals surface area contributed by atoms with Crippen molar-refractivity contribution < 1.29 is 13.7 Å². The summed E-state index contributed by atoms with van der Waals surface area (Å²) in [6.45, 7) is 6.24. The third-order valence-corrected chi connectivity index (χ3v) is 5.37. The molecule has 1 fully saturated rings. The van der Waals surface area contributed by atoms with Gasteiger partial charge in [-0.1, -0.05) is 25.9 Å². The maximum atomic E-state index is 12.5. The Labute approximate surface area is 169 Å². The summed E-state index contributed by atoms with van der Waals surface area (Å²) >= 11 is 0. The summed E-state index contributed by atoms with van der Waals surface area (Å²) in [5.74, 6) is 4.05. The number of hydrogen-bond donors (Lipinski definition) is 1. The first kappa shape index (κ1) is 19.4. The molecule has 3 unspecified atom stereocenters. The lowest BCUT2D eigenvalue weighted by Crippen LogP contribution is -2.32. The molecular weight excluding hydrogens is 368 g/mol. The fraction of sp³-hybridized carbons (Fsp3) is 0.455. The van der Waals surface area contributed by atoms with Crippen molar-refractivity contribution in [3.63, 3.8) is 0 Å². The first-order valence-electron chi connectivity index (χ1n) is 10.1. The van der Waals surface area contributed by atoms with E-state index >= 15 is 0 Å².